The molecule has 1 aliphatic heterocycles. The summed E-state index contributed by atoms with van der Waals surface area (Å²) in [6.45, 7) is 6.39. The first-order chi connectivity index (χ1) is 5.33. The van der Waals surface area contributed by atoms with Crippen LogP contribution in [0.3, 0.4) is 0 Å². The van der Waals surface area contributed by atoms with Crippen LogP contribution in [0.1, 0.15) is 13.3 Å². The number of hydrogen-bond donors (Lipinski definition) is 1. The van der Waals surface area contributed by atoms with E-state index in [9.17, 15) is 5.11 Å². The van der Waals surface area contributed by atoms with Gasteiger partial charge in [-0.2, -0.15) is 0 Å². The SMILES string of the molecule is CCOCCN1CC[C@H](O)C1. The first-order valence-corrected chi connectivity index (χ1v) is 4.31. The first kappa shape index (κ1) is 8.97. The summed E-state index contributed by atoms with van der Waals surface area (Å²) in [7, 11) is 0. The molecule has 1 rings (SSSR count). The predicted octanol–water partition coefficient (Wildman–Crippen LogP) is 0.0895. The number of likely N-dealkylation sites (tertiary alicyclic amines) is 1. The maximum atomic E-state index is 9.17. The maximum Gasteiger partial charge on any atom is 0.0679 e. The van der Waals surface area contributed by atoms with Crippen LogP contribution in [-0.2, 0) is 4.74 Å². The monoisotopic (exact) mass is 159 g/mol. The molecule has 1 fully saturated rings. The molecule has 1 heterocycles. The average molecular weight is 159 g/mol. The van der Waals surface area contributed by atoms with Crippen LogP contribution in [0.25, 0.3) is 0 Å². The van der Waals surface area contributed by atoms with E-state index in [0.29, 0.717) is 0 Å². The van der Waals surface area contributed by atoms with Crippen molar-refractivity contribution in [3.05, 3.63) is 0 Å². The van der Waals surface area contributed by atoms with Crippen molar-refractivity contribution in [2.24, 2.45) is 0 Å². The second-order valence-corrected chi connectivity index (χ2v) is 2.94. The lowest BCUT2D eigenvalue weighted by atomic mass is 10.3. The van der Waals surface area contributed by atoms with Crippen molar-refractivity contribution in [3.63, 3.8) is 0 Å². The highest BCUT2D eigenvalue weighted by atomic mass is 16.5. The Hall–Kier alpha value is -0.120. The molecule has 0 aliphatic carbocycles. The van der Waals surface area contributed by atoms with E-state index >= 15 is 0 Å². The second-order valence-electron chi connectivity index (χ2n) is 2.94. The molecule has 1 N–H and O–H groups in total. The van der Waals surface area contributed by atoms with E-state index in [1.807, 2.05) is 6.92 Å². The number of hydrogen-bond acceptors (Lipinski definition) is 3. The van der Waals surface area contributed by atoms with Crippen molar-refractivity contribution < 1.29 is 9.84 Å². The van der Waals surface area contributed by atoms with Crippen LogP contribution in [0.5, 0.6) is 0 Å². The van der Waals surface area contributed by atoms with Crippen molar-refractivity contribution in [1.29, 1.82) is 0 Å². The number of ether oxygens (including phenoxy) is 1. The molecule has 0 radical (unpaired) electrons. The summed E-state index contributed by atoms with van der Waals surface area (Å²) in [4.78, 5) is 2.24. The lowest BCUT2D eigenvalue weighted by molar-refractivity contribution is 0.113. The summed E-state index contributed by atoms with van der Waals surface area (Å²) in [6.07, 6.45) is 0.822. The van der Waals surface area contributed by atoms with Gasteiger partial charge in [0.1, 0.15) is 0 Å². The summed E-state index contributed by atoms with van der Waals surface area (Å²) in [5, 5.41) is 9.17. The van der Waals surface area contributed by atoms with E-state index in [2.05, 4.69) is 4.90 Å². The molecule has 66 valence electrons. The third kappa shape index (κ3) is 3.18. The van der Waals surface area contributed by atoms with E-state index in [4.69, 9.17) is 4.74 Å². The number of nitrogens with zero attached hydrogens (tertiary/aromatic N) is 1. The Balaban J connectivity index is 1.99. The highest BCUT2D eigenvalue weighted by Crippen LogP contribution is 2.07. The highest BCUT2D eigenvalue weighted by Gasteiger charge is 2.18. The van der Waals surface area contributed by atoms with Crippen LogP contribution >= 0.6 is 0 Å². The standard InChI is InChI=1S/C8H17NO2/c1-2-11-6-5-9-4-3-8(10)7-9/h8,10H,2-7H2,1H3/t8-/m0/s1. The molecule has 11 heavy (non-hydrogen) atoms. The van der Waals surface area contributed by atoms with Crippen molar-refractivity contribution in [2.75, 3.05) is 32.8 Å². The van der Waals surface area contributed by atoms with Crippen molar-refractivity contribution in [1.82, 2.24) is 4.90 Å². The van der Waals surface area contributed by atoms with Crippen LogP contribution in [0, 0.1) is 0 Å². The number of rotatable bonds is 4. The zero-order valence-electron chi connectivity index (χ0n) is 7.12. The smallest absolute Gasteiger partial charge is 0.0679 e. The molecule has 0 saturated carbocycles. The Morgan fingerprint density at radius 3 is 3.00 bits per heavy atom. The summed E-state index contributed by atoms with van der Waals surface area (Å²) < 4.78 is 5.21. The van der Waals surface area contributed by atoms with Gasteiger partial charge in [0.2, 0.25) is 0 Å². The van der Waals surface area contributed by atoms with Gasteiger partial charge in [-0.25, -0.2) is 0 Å². The minimum atomic E-state index is -0.100. The molecule has 0 aromatic rings. The Kier molecular flexibility index (Phi) is 3.83. The van der Waals surface area contributed by atoms with Crippen LogP contribution in [0.2, 0.25) is 0 Å². The topological polar surface area (TPSA) is 32.7 Å². The molecule has 1 saturated heterocycles. The van der Waals surface area contributed by atoms with Gasteiger partial charge in [-0.05, 0) is 13.3 Å². The van der Waals surface area contributed by atoms with Gasteiger partial charge in [-0.3, -0.25) is 4.90 Å². The van der Waals surface area contributed by atoms with Gasteiger partial charge in [0, 0.05) is 26.2 Å². The molecule has 0 unspecified atom stereocenters. The molecule has 1 atom stereocenters. The molecule has 0 bridgehead atoms. The van der Waals surface area contributed by atoms with E-state index in [1.54, 1.807) is 0 Å². The largest absolute Gasteiger partial charge is 0.392 e. The molecule has 0 spiro atoms. The van der Waals surface area contributed by atoms with Crippen molar-refractivity contribution >= 4 is 0 Å². The summed E-state index contributed by atoms with van der Waals surface area (Å²) in [5.41, 5.74) is 0. The number of aliphatic hydroxyl groups excluding tert-OH is 1. The van der Waals surface area contributed by atoms with Gasteiger partial charge >= 0.3 is 0 Å². The van der Waals surface area contributed by atoms with Crippen molar-refractivity contribution in [2.45, 2.75) is 19.4 Å². The summed E-state index contributed by atoms with van der Waals surface area (Å²) in [6, 6.07) is 0. The van der Waals surface area contributed by atoms with Crippen molar-refractivity contribution in [3.8, 4) is 0 Å². The summed E-state index contributed by atoms with van der Waals surface area (Å²) in [5.74, 6) is 0. The molecule has 0 aromatic carbocycles. The quantitative estimate of drug-likeness (QED) is 0.590. The minimum Gasteiger partial charge on any atom is -0.392 e. The first-order valence-electron chi connectivity index (χ1n) is 4.31. The predicted molar refractivity (Wildman–Crippen MR) is 43.6 cm³/mol. The Bertz CT molecular complexity index is 108. The van der Waals surface area contributed by atoms with Gasteiger partial charge in [0.15, 0.2) is 0 Å². The Labute approximate surface area is 68.0 Å². The fraction of sp³-hybridized carbons (Fsp3) is 1.00. The van der Waals surface area contributed by atoms with Gasteiger partial charge in [-0.1, -0.05) is 0 Å². The Morgan fingerprint density at radius 2 is 2.45 bits per heavy atom. The zero-order chi connectivity index (χ0) is 8.10. The lowest BCUT2D eigenvalue weighted by Gasteiger charge is -2.13. The fourth-order valence-corrected chi connectivity index (χ4v) is 1.35. The van der Waals surface area contributed by atoms with E-state index in [0.717, 1.165) is 39.3 Å². The van der Waals surface area contributed by atoms with E-state index in [1.165, 1.54) is 0 Å². The number of aliphatic hydroxyl groups is 1. The fourth-order valence-electron chi connectivity index (χ4n) is 1.35. The highest BCUT2D eigenvalue weighted by molar-refractivity contribution is 4.73. The second kappa shape index (κ2) is 4.70. The average Bonchev–Trinajstić information content (AvgIpc) is 2.37. The van der Waals surface area contributed by atoms with Gasteiger partial charge in [0.25, 0.3) is 0 Å². The molecule has 0 aromatic heterocycles. The minimum absolute atomic E-state index is 0.100. The maximum absolute atomic E-state index is 9.17. The molecule has 3 nitrogen and oxygen atoms in total. The van der Waals surface area contributed by atoms with Crippen LogP contribution in [0.15, 0.2) is 0 Å². The molecular weight excluding hydrogens is 142 g/mol. The molecule has 3 heteroatoms. The molecule has 1 aliphatic rings. The van der Waals surface area contributed by atoms with Crippen LogP contribution in [0.4, 0.5) is 0 Å². The third-order valence-corrected chi connectivity index (χ3v) is 2.00. The molecular formula is C8H17NO2. The third-order valence-electron chi connectivity index (χ3n) is 2.00. The van der Waals surface area contributed by atoms with E-state index < -0.39 is 0 Å². The van der Waals surface area contributed by atoms with Gasteiger partial charge in [0.05, 0.1) is 12.7 Å². The van der Waals surface area contributed by atoms with Crippen LogP contribution < -0.4 is 0 Å². The lowest BCUT2D eigenvalue weighted by Crippen LogP contribution is -2.26. The van der Waals surface area contributed by atoms with E-state index in [-0.39, 0.29) is 6.10 Å². The zero-order valence-corrected chi connectivity index (χ0v) is 7.12. The molecule has 0 amide bonds. The van der Waals surface area contributed by atoms with Gasteiger partial charge in [-0.15, -0.1) is 0 Å². The normalized spacial score (nSPS) is 26.2. The summed E-state index contributed by atoms with van der Waals surface area (Å²) >= 11 is 0. The Morgan fingerprint density at radius 1 is 1.64 bits per heavy atom. The van der Waals surface area contributed by atoms with Gasteiger partial charge < -0.3 is 9.84 Å². The number of β-amino-alcohol motifs (C(OH)–C–C–N with tert-alkyl or cyclic N) is 1. The van der Waals surface area contributed by atoms with Crippen LogP contribution in [-0.4, -0.2) is 49.0 Å².